The van der Waals surface area contributed by atoms with Crippen LogP contribution >= 0.6 is 11.3 Å². The van der Waals surface area contributed by atoms with Crippen LogP contribution in [-0.2, 0) is 0 Å². The zero-order valence-electron chi connectivity index (χ0n) is 15.3. The fourth-order valence-corrected chi connectivity index (χ4v) is 3.74. The Morgan fingerprint density at radius 3 is 2.45 bits per heavy atom. The summed E-state index contributed by atoms with van der Waals surface area (Å²) < 4.78 is 5.14. The fraction of sp³-hybridized carbons (Fsp3) is 0.0476. The second-order valence-corrected chi connectivity index (χ2v) is 7.19. The van der Waals surface area contributed by atoms with Crippen LogP contribution in [0, 0.1) is 6.92 Å². The summed E-state index contributed by atoms with van der Waals surface area (Å²) in [6, 6.07) is 17.8. The molecule has 0 fully saturated rings. The third kappa shape index (κ3) is 3.78. The van der Waals surface area contributed by atoms with Crippen molar-refractivity contribution in [3.8, 4) is 10.6 Å². The summed E-state index contributed by atoms with van der Waals surface area (Å²) >= 11 is 1.22. The molecule has 7 nitrogen and oxygen atoms in total. The molecule has 2 N–H and O–H groups in total. The van der Waals surface area contributed by atoms with Gasteiger partial charge in [-0.25, -0.2) is 9.78 Å². The summed E-state index contributed by atoms with van der Waals surface area (Å²) in [4.78, 5) is 41.7. The number of nitrogens with one attached hydrogen (secondary N) is 2. The van der Waals surface area contributed by atoms with Crippen LogP contribution < -0.4 is 16.5 Å². The number of hydrazine groups is 1. The number of fused-ring (bicyclic) bond motifs is 1. The van der Waals surface area contributed by atoms with E-state index in [1.807, 2.05) is 30.3 Å². The van der Waals surface area contributed by atoms with Crippen molar-refractivity contribution in [2.24, 2.45) is 0 Å². The van der Waals surface area contributed by atoms with E-state index in [0.29, 0.717) is 26.5 Å². The molecule has 0 unspecified atom stereocenters. The van der Waals surface area contributed by atoms with Gasteiger partial charge in [-0.1, -0.05) is 48.5 Å². The van der Waals surface area contributed by atoms with Gasteiger partial charge in [-0.3, -0.25) is 20.4 Å². The van der Waals surface area contributed by atoms with E-state index >= 15 is 0 Å². The maximum atomic E-state index is 12.5. The molecule has 0 spiro atoms. The number of thiazole rings is 1. The van der Waals surface area contributed by atoms with Crippen LogP contribution in [-0.4, -0.2) is 16.8 Å². The minimum Gasteiger partial charge on any atom is -0.422 e. The Morgan fingerprint density at radius 1 is 0.966 bits per heavy atom. The maximum Gasteiger partial charge on any atom is 0.349 e. The van der Waals surface area contributed by atoms with E-state index in [0.717, 1.165) is 5.56 Å². The van der Waals surface area contributed by atoms with Gasteiger partial charge in [0.1, 0.15) is 21.0 Å². The maximum absolute atomic E-state index is 12.5. The van der Waals surface area contributed by atoms with Crippen LogP contribution in [0.4, 0.5) is 0 Å². The zero-order valence-corrected chi connectivity index (χ0v) is 16.1. The molecular formula is C21H15N3O4S. The van der Waals surface area contributed by atoms with E-state index in [1.165, 1.54) is 17.4 Å². The molecule has 4 rings (SSSR count). The van der Waals surface area contributed by atoms with Crippen LogP contribution in [0.1, 0.15) is 25.7 Å². The number of amides is 2. The molecule has 2 heterocycles. The summed E-state index contributed by atoms with van der Waals surface area (Å²) in [6.07, 6.45) is 0. The van der Waals surface area contributed by atoms with Crippen LogP contribution in [0.2, 0.25) is 0 Å². The smallest absolute Gasteiger partial charge is 0.349 e. The second-order valence-electron chi connectivity index (χ2n) is 6.19. The lowest BCUT2D eigenvalue weighted by Crippen LogP contribution is -2.43. The summed E-state index contributed by atoms with van der Waals surface area (Å²) in [5, 5.41) is 1.31. The monoisotopic (exact) mass is 405 g/mol. The number of benzene rings is 2. The molecule has 0 saturated carbocycles. The average molecular weight is 405 g/mol. The molecule has 2 amide bonds. The van der Waals surface area contributed by atoms with Crippen LogP contribution in [0.3, 0.4) is 0 Å². The highest BCUT2D eigenvalue weighted by Gasteiger charge is 2.18. The van der Waals surface area contributed by atoms with Crippen molar-refractivity contribution >= 4 is 34.1 Å². The Morgan fingerprint density at radius 2 is 1.66 bits per heavy atom. The Hall–Kier alpha value is -3.78. The van der Waals surface area contributed by atoms with Gasteiger partial charge in [-0.15, -0.1) is 11.3 Å². The third-order valence-electron chi connectivity index (χ3n) is 4.20. The van der Waals surface area contributed by atoms with Gasteiger partial charge in [-0.05, 0) is 19.1 Å². The van der Waals surface area contributed by atoms with E-state index in [2.05, 4.69) is 15.8 Å². The standard InChI is InChI=1S/C21H15N3O4S/c1-12-17(29-20(22-12)13-7-3-2-4-8-13)19(26)24-23-18(25)15-11-14-9-5-6-10-16(14)28-21(15)27/h2-11H,1H3,(H,23,25)(H,24,26). The van der Waals surface area contributed by atoms with Gasteiger partial charge in [0.15, 0.2) is 0 Å². The Bertz CT molecular complexity index is 1280. The number of nitrogens with zero attached hydrogens (tertiary/aromatic N) is 1. The molecule has 0 radical (unpaired) electrons. The highest BCUT2D eigenvalue weighted by atomic mass is 32.1. The molecule has 0 aliphatic heterocycles. The number of carbonyl (C=O) groups excluding carboxylic acids is 2. The molecule has 4 aromatic rings. The van der Waals surface area contributed by atoms with E-state index in [1.54, 1.807) is 31.2 Å². The van der Waals surface area contributed by atoms with E-state index in [-0.39, 0.29) is 5.56 Å². The van der Waals surface area contributed by atoms with Gasteiger partial charge < -0.3 is 4.42 Å². The molecule has 2 aromatic heterocycles. The Labute approximate surface area is 169 Å². The zero-order chi connectivity index (χ0) is 20.4. The molecular weight excluding hydrogens is 390 g/mol. The topological polar surface area (TPSA) is 101 Å². The fourth-order valence-electron chi connectivity index (χ4n) is 2.77. The first-order valence-electron chi connectivity index (χ1n) is 8.69. The third-order valence-corrected chi connectivity index (χ3v) is 5.40. The normalized spacial score (nSPS) is 10.7. The lowest BCUT2D eigenvalue weighted by molar-refractivity contribution is 0.0846. The predicted molar refractivity (Wildman–Crippen MR) is 110 cm³/mol. The first kappa shape index (κ1) is 18.6. The summed E-state index contributed by atoms with van der Waals surface area (Å²) in [6.45, 7) is 1.72. The summed E-state index contributed by atoms with van der Waals surface area (Å²) in [5.74, 6) is -1.27. The highest BCUT2D eigenvalue weighted by Crippen LogP contribution is 2.27. The van der Waals surface area contributed by atoms with Gasteiger partial charge in [-0.2, -0.15) is 0 Å². The van der Waals surface area contributed by atoms with Crippen molar-refractivity contribution in [1.29, 1.82) is 0 Å². The van der Waals surface area contributed by atoms with Gasteiger partial charge >= 0.3 is 5.63 Å². The van der Waals surface area contributed by atoms with Gasteiger partial charge in [0.05, 0.1) is 5.69 Å². The Balaban J connectivity index is 1.50. The number of aromatic nitrogens is 1. The number of para-hydroxylation sites is 1. The molecule has 29 heavy (non-hydrogen) atoms. The summed E-state index contributed by atoms with van der Waals surface area (Å²) in [7, 11) is 0. The number of hydrogen-bond donors (Lipinski definition) is 2. The number of hydrogen-bond acceptors (Lipinski definition) is 6. The van der Waals surface area contributed by atoms with E-state index in [9.17, 15) is 14.4 Å². The lowest BCUT2D eigenvalue weighted by atomic mass is 10.2. The molecule has 0 saturated heterocycles. The number of carbonyl (C=O) groups is 2. The predicted octanol–water partition coefficient (Wildman–Crippen LogP) is 3.30. The lowest BCUT2D eigenvalue weighted by Gasteiger charge is -2.06. The largest absolute Gasteiger partial charge is 0.422 e. The van der Waals surface area contributed by atoms with Crippen molar-refractivity contribution in [3.63, 3.8) is 0 Å². The van der Waals surface area contributed by atoms with Crippen molar-refractivity contribution in [1.82, 2.24) is 15.8 Å². The summed E-state index contributed by atoms with van der Waals surface area (Å²) in [5.41, 5.74) is 5.44. The number of aryl methyl sites for hydroxylation is 1. The van der Waals surface area contributed by atoms with Crippen molar-refractivity contribution in [2.75, 3.05) is 0 Å². The first-order chi connectivity index (χ1) is 14.0. The van der Waals surface area contributed by atoms with Crippen LogP contribution in [0.15, 0.2) is 69.9 Å². The molecule has 0 bridgehead atoms. The van der Waals surface area contributed by atoms with Crippen LogP contribution in [0.25, 0.3) is 21.5 Å². The van der Waals surface area contributed by atoms with E-state index < -0.39 is 17.4 Å². The molecule has 0 aliphatic carbocycles. The first-order valence-corrected chi connectivity index (χ1v) is 9.51. The number of rotatable bonds is 3. The molecule has 144 valence electrons. The van der Waals surface area contributed by atoms with Crippen LogP contribution in [0.5, 0.6) is 0 Å². The molecule has 0 aliphatic rings. The minimum atomic E-state index is -0.782. The van der Waals surface area contributed by atoms with Crippen molar-refractivity contribution in [3.05, 3.63) is 87.2 Å². The SMILES string of the molecule is Cc1nc(-c2ccccc2)sc1C(=O)NNC(=O)c1cc2ccccc2oc1=O. The van der Waals surface area contributed by atoms with Crippen molar-refractivity contribution < 1.29 is 14.0 Å². The van der Waals surface area contributed by atoms with Gasteiger partial charge in [0.25, 0.3) is 11.8 Å². The minimum absolute atomic E-state index is 0.199. The van der Waals surface area contributed by atoms with E-state index in [4.69, 9.17) is 4.42 Å². The molecule has 8 heteroatoms. The highest BCUT2D eigenvalue weighted by molar-refractivity contribution is 7.17. The average Bonchev–Trinajstić information content (AvgIpc) is 3.13. The van der Waals surface area contributed by atoms with Crippen molar-refractivity contribution in [2.45, 2.75) is 6.92 Å². The van der Waals surface area contributed by atoms with Gasteiger partial charge in [0, 0.05) is 10.9 Å². The molecule has 0 atom stereocenters. The molecule has 2 aromatic carbocycles. The van der Waals surface area contributed by atoms with Gasteiger partial charge in [0.2, 0.25) is 0 Å². The quantitative estimate of drug-likeness (QED) is 0.402. The second kappa shape index (κ2) is 7.69. The Kier molecular flexibility index (Phi) is 4.92.